The molecule has 0 spiro atoms. The molecule has 1 aromatic heterocycles. The largest absolute Gasteiger partial charge is 0.477 e. The molecule has 1 aromatic rings. The van der Waals surface area contributed by atoms with Gasteiger partial charge in [-0.2, -0.15) is 0 Å². The molecule has 152 valence electrons. The van der Waals surface area contributed by atoms with Crippen LogP contribution in [0.4, 0.5) is 5.13 Å². The molecule has 0 bridgehead atoms. The summed E-state index contributed by atoms with van der Waals surface area (Å²) in [6, 6.07) is -0.125. The lowest BCUT2D eigenvalue weighted by atomic mass is 10.0. The highest BCUT2D eigenvalue weighted by Crippen LogP contribution is 2.30. The zero-order chi connectivity index (χ0) is 20.4. The Labute approximate surface area is 181 Å². The SMILES string of the molecule is CCC1=C(I)N=C(C(=O)N[C@@H]2CCN(c3nc(C)c(C(=O)O)s3)C[C@@H]2OC)C1. The molecule has 8 nitrogen and oxygen atoms in total. The molecule has 0 aliphatic carbocycles. The average molecular weight is 518 g/mol. The first-order chi connectivity index (χ1) is 13.3. The van der Waals surface area contributed by atoms with Gasteiger partial charge in [-0.25, -0.2) is 14.8 Å². The predicted molar refractivity (Wildman–Crippen MR) is 117 cm³/mol. The van der Waals surface area contributed by atoms with Gasteiger partial charge in [-0.1, -0.05) is 18.3 Å². The van der Waals surface area contributed by atoms with E-state index in [-0.39, 0.29) is 22.9 Å². The van der Waals surface area contributed by atoms with E-state index in [1.807, 2.05) is 4.90 Å². The number of aliphatic imine (C=N–C) groups is 1. The maximum absolute atomic E-state index is 12.6. The van der Waals surface area contributed by atoms with E-state index in [0.717, 1.165) is 10.1 Å². The van der Waals surface area contributed by atoms with Gasteiger partial charge in [0.15, 0.2) is 5.13 Å². The molecular weight excluding hydrogens is 495 g/mol. The van der Waals surface area contributed by atoms with Gasteiger partial charge in [0.2, 0.25) is 0 Å². The summed E-state index contributed by atoms with van der Waals surface area (Å²) in [4.78, 5) is 35.0. The lowest BCUT2D eigenvalue weighted by Crippen LogP contribution is -2.55. The summed E-state index contributed by atoms with van der Waals surface area (Å²) >= 11 is 3.35. The third-order valence-corrected chi connectivity index (χ3v) is 7.23. The maximum atomic E-state index is 12.6. The molecule has 0 saturated carbocycles. The molecule has 0 aromatic carbocycles. The summed E-state index contributed by atoms with van der Waals surface area (Å²) in [5.74, 6) is -1.10. The molecule has 10 heteroatoms. The van der Waals surface area contributed by atoms with Crippen LogP contribution in [-0.4, -0.2) is 60.0 Å². The van der Waals surface area contributed by atoms with Crippen LogP contribution in [0, 0.1) is 6.92 Å². The van der Waals surface area contributed by atoms with Crippen molar-refractivity contribution in [3.8, 4) is 0 Å². The van der Waals surface area contributed by atoms with Gasteiger partial charge in [0.05, 0.1) is 17.8 Å². The number of carboxylic acid groups (broad SMARTS) is 1. The Morgan fingerprint density at radius 3 is 2.79 bits per heavy atom. The van der Waals surface area contributed by atoms with E-state index in [1.54, 1.807) is 14.0 Å². The van der Waals surface area contributed by atoms with E-state index in [1.165, 1.54) is 16.9 Å². The minimum absolute atomic E-state index is 0.125. The monoisotopic (exact) mass is 518 g/mol. The number of amides is 1. The average Bonchev–Trinajstić information content (AvgIpc) is 3.24. The highest BCUT2D eigenvalue weighted by atomic mass is 127. The number of carbonyl (C=O) groups is 2. The number of aryl methyl sites for hydroxylation is 1. The van der Waals surface area contributed by atoms with Gasteiger partial charge in [0, 0.05) is 26.6 Å². The van der Waals surface area contributed by atoms with E-state index in [2.05, 4.69) is 44.8 Å². The topological polar surface area (TPSA) is 104 Å². The van der Waals surface area contributed by atoms with Crippen LogP contribution in [0.5, 0.6) is 0 Å². The number of aromatic carboxylic acids is 1. The van der Waals surface area contributed by atoms with E-state index >= 15 is 0 Å². The first kappa shape index (κ1) is 21.2. The minimum atomic E-state index is -0.960. The Hall–Kier alpha value is -1.53. The van der Waals surface area contributed by atoms with Crippen LogP contribution < -0.4 is 10.2 Å². The second kappa shape index (κ2) is 8.87. The van der Waals surface area contributed by atoms with Crippen LogP contribution in [0.3, 0.4) is 0 Å². The Balaban J connectivity index is 1.64. The van der Waals surface area contributed by atoms with Crippen LogP contribution in [0.2, 0.25) is 0 Å². The minimum Gasteiger partial charge on any atom is -0.477 e. The number of rotatable bonds is 6. The van der Waals surface area contributed by atoms with Crippen LogP contribution in [-0.2, 0) is 9.53 Å². The van der Waals surface area contributed by atoms with Gasteiger partial charge in [-0.05, 0) is 47.9 Å². The maximum Gasteiger partial charge on any atom is 0.347 e. The predicted octanol–water partition coefficient (Wildman–Crippen LogP) is 2.76. The smallest absolute Gasteiger partial charge is 0.347 e. The van der Waals surface area contributed by atoms with Crippen molar-refractivity contribution in [1.29, 1.82) is 0 Å². The highest BCUT2D eigenvalue weighted by Gasteiger charge is 2.33. The summed E-state index contributed by atoms with van der Waals surface area (Å²) in [5, 5.41) is 13.0. The normalized spacial score (nSPS) is 22.4. The van der Waals surface area contributed by atoms with Crippen LogP contribution in [0.1, 0.15) is 41.6 Å². The van der Waals surface area contributed by atoms with Crippen molar-refractivity contribution in [2.75, 3.05) is 25.1 Å². The molecule has 3 rings (SSSR count). The van der Waals surface area contributed by atoms with Gasteiger partial charge in [0.1, 0.15) is 14.3 Å². The summed E-state index contributed by atoms with van der Waals surface area (Å²) in [6.07, 6.45) is 1.97. The molecule has 3 heterocycles. The molecule has 28 heavy (non-hydrogen) atoms. The lowest BCUT2D eigenvalue weighted by Gasteiger charge is -2.37. The van der Waals surface area contributed by atoms with Crippen molar-refractivity contribution in [3.63, 3.8) is 0 Å². The molecule has 1 amide bonds. The molecule has 2 N–H and O–H groups in total. The van der Waals surface area contributed by atoms with Crippen LogP contribution >= 0.6 is 33.9 Å². The lowest BCUT2D eigenvalue weighted by molar-refractivity contribution is -0.116. The summed E-state index contributed by atoms with van der Waals surface area (Å²) in [5.41, 5.74) is 2.27. The Bertz CT molecular complexity index is 851. The van der Waals surface area contributed by atoms with Gasteiger partial charge in [0.25, 0.3) is 5.91 Å². The second-order valence-corrected chi connectivity index (χ2v) is 8.79. The number of anilines is 1. The Morgan fingerprint density at radius 1 is 1.46 bits per heavy atom. The Morgan fingerprint density at radius 2 is 2.21 bits per heavy atom. The second-order valence-electron chi connectivity index (χ2n) is 6.79. The number of methoxy groups -OCH3 is 1. The fourth-order valence-electron chi connectivity index (χ4n) is 3.38. The summed E-state index contributed by atoms with van der Waals surface area (Å²) in [7, 11) is 1.62. The highest BCUT2D eigenvalue weighted by molar-refractivity contribution is 14.1. The Kier molecular flexibility index (Phi) is 6.71. The molecule has 2 atom stereocenters. The number of carbonyl (C=O) groups excluding carboxylic acids is 1. The molecular formula is C18H23IN4O4S. The molecule has 2 aliphatic heterocycles. The molecule has 2 aliphatic rings. The van der Waals surface area contributed by atoms with E-state index in [0.29, 0.717) is 42.5 Å². The van der Waals surface area contributed by atoms with Crippen molar-refractivity contribution < 1.29 is 19.4 Å². The summed E-state index contributed by atoms with van der Waals surface area (Å²) in [6.45, 7) is 4.97. The van der Waals surface area contributed by atoms with Gasteiger partial charge in [-0.15, -0.1) is 0 Å². The number of thiazole rings is 1. The van der Waals surface area contributed by atoms with Crippen molar-refractivity contribution in [2.24, 2.45) is 4.99 Å². The first-order valence-corrected chi connectivity index (χ1v) is 11.0. The standard InChI is InChI=1S/C18H23IN4O4S/c1-4-10-7-12(21-15(10)19)16(24)22-11-5-6-23(8-13(11)27-3)18-20-9(2)14(28-18)17(25)26/h11,13H,4-8H2,1-3H3,(H,22,24)(H,25,26)/t11-,13+/m1/s1. The van der Waals surface area contributed by atoms with Crippen molar-refractivity contribution in [2.45, 2.75) is 45.3 Å². The number of piperidine rings is 1. The van der Waals surface area contributed by atoms with Crippen molar-refractivity contribution >= 4 is 56.6 Å². The molecule has 1 saturated heterocycles. The zero-order valence-corrected chi connectivity index (χ0v) is 19.0. The van der Waals surface area contributed by atoms with Crippen molar-refractivity contribution in [1.82, 2.24) is 10.3 Å². The van der Waals surface area contributed by atoms with E-state index in [4.69, 9.17) is 4.74 Å². The number of allylic oxidation sites excluding steroid dienone is 1. The number of nitrogens with one attached hydrogen (secondary N) is 1. The number of nitrogens with zero attached hydrogens (tertiary/aromatic N) is 3. The van der Waals surface area contributed by atoms with Gasteiger partial charge in [-0.3, -0.25) is 4.79 Å². The fraction of sp³-hybridized carbons (Fsp3) is 0.556. The quantitative estimate of drug-likeness (QED) is 0.444. The van der Waals surface area contributed by atoms with Crippen LogP contribution in [0.25, 0.3) is 0 Å². The molecule has 0 unspecified atom stereocenters. The third-order valence-electron chi connectivity index (χ3n) is 5.02. The van der Waals surface area contributed by atoms with Crippen LogP contribution in [0.15, 0.2) is 14.3 Å². The molecule has 1 fully saturated rings. The third kappa shape index (κ3) is 4.38. The number of ether oxygens (including phenoxy) is 1. The van der Waals surface area contributed by atoms with Gasteiger partial charge >= 0.3 is 5.97 Å². The van der Waals surface area contributed by atoms with Gasteiger partial charge < -0.3 is 20.1 Å². The number of halogens is 1. The summed E-state index contributed by atoms with van der Waals surface area (Å²) < 4.78 is 6.53. The fourth-order valence-corrected chi connectivity index (χ4v) is 5.18. The number of hydrogen-bond donors (Lipinski definition) is 2. The zero-order valence-electron chi connectivity index (χ0n) is 16.0. The van der Waals surface area contributed by atoms with Crippen molar-refractivity contribution in [3.05, 3.63) is 19.8 Å². The number of carboxylic acids is 1. The van der Waals surface area contributed by atoms with E-state index in [9.17, 15) is 14.7 Å². The van der Waals surface area contributed by atoms with E-state index < -0.39 is 5.97 Å². The molecule has 0 radical (unpaired) electrons. The number of aromatic nitrogens is 1. The number of hydrogen-bond acceptors (Lipinski definition) is 7. The first-order valence-electron chi connectivity index (χ1n) is 9.08.